The van der Waals surface area contributed by atoms with Crippen molar-refractivity contribution in [1.29, 1.82) is 0 Å². The summed E-state index contributed by atoms with van der Waals surface area (Å²) in [6.07, 6.45) is 3.23. The van der Waals surface area contributed by atoms with Crippen molar-refractivity contribution in [3.8, 4) is 0 Å². The van der Waals surface area contributed by atoms with Gasteiger partial charge in [0, 0.05) is 11.8 Å². The smallest absolute Gasteiger partial charge is 0.131 e. The quantitative estimate of drug-likeness (QED) is 0.678. The van der Waals surface area contributed by atoms with Gasteiger partial charge in [-0.2, -0.15) is 8.73 Å². The molecule has 0 atom stereocenters. The first-order chi connectivity index (χ1) is 10.1. The van der Waals surface area contributed by atoms with Crippen LogP contribution in [0.15, 0.2) is 33.3 Å². The molecule has 0 spiro atoms. The van der Waals surface area contributed by atoms with Gasteiger partial charge in [0.05, 0.1) is 39.0 Å². The zero-order valence-corrected chi connectivity index (χ0v) is 13.4. The van der Waals surface area contributed by atoms with Crippen LogP contribution in [0.3, 0.4) is 0 Å². The normalized spacial score (nSPS) is 11.9. The summed E-state index contributed by atoms with van der Waals surface area (Å²) in [4.78, 5) is 4.32. The lowest BCUT2D eigenvalue weighted by atomic mass is 10.2. The van der Waals surface area contributed by atoms with Crippen molar-refractivity contribution in [2.75, 3.05) is 5.32 Å². The number of pyridine rings is 1. The Morgan fingerprint density at radius 2 is 2.00 bits per heavy atom. The third kappa shape index (κ3) is 2.65. The van der Waals surface area contributed by atoms with Crippen molar-refractivity contribution in [1.82, 2.24) is 4.98 Å². The molecular formula is C12H7Cl2N5S2. The van der Waals surface area contributed by atoms with Gasteiger partial charge in [-0.25, -0.2) is 0 Å². The highest BCUT2D eigenvalue weighted by Crippen LogP contribution is 2.48. The molecule has 0 fully saturated rings. The molecular weight excluding hydrogens is 349 g/mol. The van der Waals surface area contributed by atoms with Crippen LogP contribution < -0.4 is 11.1 Å². The average molecular weight is 356 g/mol. The number of nitrogens with one attached hydrogen (secondary N) is 1. The number of hydrogen-bond donors (Lipinski definition) is 2. The van der Waals surface area contributed by atoms with Gasteiger partial charge >= 0.3 is 0 Å². The number of halogens is 2. The molecule has 5 nitrogen and oxygen atoms in total. The van der Waals surface area contributed by atoms with E-state index in [0.29, 0.717) is 38.4 Å². The standard InChI is InChI=1S/C12H7Cl2N5S2/c13-6-3-7(14)10-11(19-21-18-10)9(6)17-8-4-16-2-1-5(8)12(15)20/h1-4,17H,(H2,15,20). The van der Waals surface area contributed by atoms with Crippen LogP contribution in [-0.2, 0) is 11.4 Å². The van der Waals surface area contributed by atoms with Crippen LogP contribution in [0.4, 0.5) is 22.7 Å². The van der Waals surface area contributed by atoms with Crippen molar-refractivity contribution >= 4 is 74.5 Å². The first kappa shape index (κ1) is 14.4. The Labute approximate surface area is 139 Å². The second kappa shape index (κ2) is 5.69. The molecule has 21 heavy (non-hydrogen) atoms. The van der Waals surface area contributed by atoms with Crippen LogP contribution in [-0.4, -0.2) is 9.97 Å². The minimum absolute atomic E-state index is 0.262. The van der Waals surface area contributed by atoms with E-state index in [4.69, 9.17) is 41.2 Å². The van der Waals surface area contributed by atoms with Gasteiger partial charge in [-0.1, -0.05) is 35.4 Å². The number of fused-ring (bicyclic) bond motifs is 1. The van der Waals surface area contributed by atoms with Gasteiger partial charge in [-0.05, 0) is 12.1 Å². The summed E-state index contributed by atoms with van der Waals surface area (Å²) in [5.41, 5.74) is 8.80. The lowest BCUT2D eigenvalue weighted by molar-refractivity contribution is 1.31. The van der Waals surface area contributed by atoms with E-state index in [2.05, 4.69) is 19.0 Å². The van der Waals surface area contributed by atoms with Crippen LogP contribution in [0.1, 0.15) is 5.56 Å². The average Bonchev–Trinajstić information content (AvgIpc) is 2.93. The molecule has 9 heteroatoms. The number of thiocarbonyl (C=S) groups is 1. The van der Waals surface area contributed by atoms with Crippen LogP contribution in [0.25, 0.3) is 0 Å². The lowest BCUT2D eigenvalue weighted by Gasteiger charge is -2.14. The second-order valence-corrected chi connectivity index (χ2v) is 5.87. The molecule has 0 aliphatic carbocycles. The zero-order valence-electron chi connectivity index (χ0n) is 10.3. The maximum Gasteiger partial charge on any atom is 0.131 e. The van der Waals surface area contributed by atoms with E-state index in [-0.39, 0.29) is 4.99 Å². The summed E-state index contributed by atoms with van der Waals surface area (Å²) in [5, 5.41) is 4.04. The van der Waals surface area contributed by atoms with Crippen LogP contribution >= 0.6 is 35.4 Å². The summed E-state index contributed by atoms with van der Waals surface area (Å²) in [6.45, 7) is 0. The van der Waals surface area contributed by atoms with Gasteiger partial charge in [-0.15, -0.1) is 0 Å². The molecule has 0 saturated heterocycles. The third-order valence-electron chi connectivity index (χ3n) is 2.79. The van der Waals surface area contributed by atoms with Crippen molar-refractivity contribution in [2.24, 2.45) is 14.5 Å². The predicted molar refractivity (Wildman–Crippen MR) is 91.4 cm³/mol. The fraction of sp³-hybridized carbons (Fsp3) is 0. The lowest BCUT2D eigenvalue weighted by Crippen LogP contribution is -2.12. The highest BCUT2D eigenvalue weighted by Gasteiger charge is 2.19. The molecule has 1 aliphatic heterocycles. The molecule has 2 aromatic rings. The number of rotatable bonds is 3. The molecule has 1 aliphatic rings. The molecule has 0 bridgehead atoms. The molecule has 3 N–H and O–H groups in total. The summed E-state index contributed by atoms with van der Waals surface area (Å²) in [5.74, 6) is 0. The van der Waals surface area contributed by atoms with Gasteiger partial charge in [0.2, 0.25) is 0 Å². The predicted octanol–water partition coefficient (Wildman–Crippen LogP) is 4.49. The summed E-state index contributed by atoms with van der Waals surface area (Å²) >= 11 is 18.4. The van der Waals surface area contributed by atoms with Gasteiger partial charge in [0.1, 0.15) is 16.4 Å². The summed E-state index contributed by atoms with van der Waals surface area (Å²) < 4.78 is 8.38. The molecule has 1 aromatic heterocycles. The fourth-order valence-electron chi connectivity index (χ4n) is 1.84. The Hall–Kier alpha value is -1.54. The first-order valence-corrected chi connectivity index (χ1v) is 7.58. The van der Waals surface area contributed by atoms with E-state index < -0.39 is 0 Å². The van der Waals surface area contributed by atoms with E-state index in [1.165, 1.54) is 0 Å². The number of aromatic nitrogens is 1. The van der Waals surface area contributed by atoms with E-state index in [0.717, 1.165) is 11.4 Å². The van der Waals surface area contributed by atoms with Crippen molar-refractivity contribution in [3.05, 3.63) is 40.1 Å². The first-order valence-electron chi connectivity index (χ1n) is 5.69. The Bertz CT molecular complexity index is 831. The number of benzene rings is 1. The molecule has 0 unspecified atom stereocenters. The van der Waals surface area contributed by atoms with Gasteiger partial charge in [-0.3, -0.25) is 4.98 Å². The van der Waals surface area contributed by atoms with E-state index in [1.54, 1.807) is 24.5 Å². The number of nitrogens with zero attached hydrogens (tertiary/aromatic N) is 3. The van der Waals surface area contributed by atoms with Crippen LogP contribution in [0.2, 0.25) is 10.0 Å². The van der Waals surface area contributed by atoms with E-state index >= 15 is 0 Å². The van der Waals surface area contributed by atoms with E-state index in [1.807, 2.05) is 0 Å². The maximum absolute atomic E-state index is 6.25. The molecule has 0 saturated carbocycles. The van der Waals surface area contributed by atoms with E-state index in [9.17, 15) is 0 Å². The molecule has 3 rings (SSSR count). The minimum atomic E-state index is 0.262. The number of nitrogens with two attached hydrogens (primary N) is 1. The Balaban J connectivity index is 2.11. The van der Waals surface area contributed by atoms with Crippen molar-refractivity contribution in [3.63, 3.8) is 0 Å². The maximum atomic E-state index is 6.25. The second-order valence-electron chi connectivity index (χ2n) is 4.09. The van der Waals surface area contributed by atoms with Crippen LogP contribution in [0, 0.1) is 0 Å². The van der Waals surface area contributed by atoms with Gasteiger partial charge in [0.25, 0.3) is 0 Å². The van der Waals surface area contributed by atoms with Crippen LogP contribution in [0.5, 0.6) is 0 Å². The highest BCUT2D eigenvalue weighted by atomic mass is 35.5. The molecule has 1 aromatic carbocycles. The monoisotopic (exact) mass is 355 g/mol. The SMILES string of the molecule is NC(=S)c1ccncc1Nc1c(Cl)cc(Cl)c2c1N=S=N2. The zero-order chi connectivity index (χ0) is 15.0. The molecule has 0 radical (unpaired) electrons. The third-order valence-corrected chi connectivity index (χ3v) is 4.12. The van der Waals surface area contributed by atoms with Gasteiger partial charge in [0.15, 0.2) is 0 Å². The van der Waals surface area contributed by atoms with Crippen molar-refractivity contribution in [2.45, 2.75) is 0 Å². The molecule has 2 heterocycles. The summed E-state index contributed by atoms with van der Waals surface area (Å²) in [7, 11) is 0. The Morgan fingerprint density at radius 1 is 1.24 bits per heavy atom. The number of anilines is 2. The molecule has 106 valence electrons. The fourth-order valence-corrected chi connectivity index (χ4v) is 3.17. The topological polar surface area (TPSA) is 75.7 Å². The molecule has 0 amide bonds. The minimum Gasteiger partial charge on any atom is -0.389 e. The Morgan fingerprint density at radius 3 is 2.76 bits per heavy atom. The largest absolute Gasteiger partial charge is 0.389 e. The summed E-state index contributed by atoms with van der Waals surface area (Å²) in [6, 6.07) is 3.34. The van der Waals surface area contributed by atoms with Crippen molar-refractivity contribution < 1.29 is 0 Å². The highest BCUT2D eigenvalue weighted by molar-refractivity contribution is 7.80. The van der Waals surface area contributed by atoms with Gasteiger partial charge < -0.3 is 11.1 Å². The number of hydrogen-bond acceptors (Lipinski definition) is 5. The Kier molecular flexibility index (Phi) is 3.90.